The second kappa shape index (κ2) is 6.64. The van der Waals surface area contributed by atoms with E-state index in [0.717, 1.165) is 12.8 Å². The van der Waals surface area contributed by atoms with E-state index >= 15 is 0 Å². The molecule has 1 aromatic rings. The van der Waals surface area contributed by atoms with Crippen LogP contribution in [0.15, 0.2) is 12.1 Å². The SMILES string of the molecule is CCCN(CCC)c1ccc(C(N)=S)c(F)c1F. The maximum atomic E-state index is 14.0. The number of halogens is 2. The summed E-state index contributed by atoms with van der Waals surface area (Å²) < 4.78 is 27.8. The maximum absolute atomic E-state index is 14.0. The Morgan fingerprint density at radius 2 is 1.72 bits per heavy atom. The number of hydrogen-bond donors (Lipinski definition) is 1. The number of rotatable bonds is 6. The summed E-state index contributed by atoms with van der Waals surface area (Å²) in [7, 11) is 0. The quantitative estimate of drug-likeness (QED) is 0.806. The summed E-state index contributed by atoms with van der Waals surface area (Å²) in [4.78, 5) is 1.71. The summed E-state index contributed by atoms with van der Waals surface area (Å²) in [5.74, 6) is -1.83. The van der Waals surface area contributed by atoms with Crippen molar-refractivity contribution in [3.8, 4) is 0 Å². The molecule has 2 N–H and O–H groups in total. The lowest BCUT2D eigenvalue weighted by Crippen LogP contribution is -2.26. The van der Waals surface area contributed by atoms with Gasteiger partial charge in [-0.3, -0.25) is 0 Å². The molecule has 0 amide bonds. The summed E-state index contributed by atoms with van der Waals surface area (Å²) in [5.41, 5.74) is 5.57. The Morgan fingerprint density at radius 3 is 2.17 bits per heavy atom. The number of thiocarbonyl (C=S) groups is 1. The number of nitrogens with two attached hydrogens (primary N) is 1. The molecule has 18 heavy (non-hydrogen) atoms. The van der Waals surface area contributed by atoms with Crippen LogP contribution in [0.25, 0.3) is 0 Å². The van der Waals surface area contributed by atoms with Crippen LogP contribution >= 0.6 is 12.2 Å². The van der Waals surface area contributed by atoms with Crippen LogP contribution in [0.3, 0.4) is 0 Å². The van der Waals surface area contributed by atoms with Gasteiger partial charge in [0.25, 0.3) is 0 Å². The van der Waals surface area contributed by atoms with Crippen LogP contribution < -0.4 is 10.6 Å². The third-order valence-corrected chi connectivity index (χ3v) is 2.88. The van der Waals surface area contributed by atoms with Crippen LogP contribution in [0.2, 0.25) is 0 Å². The lowest BCUT2D eigenvalue weighted by atomic mass is 10.1. The van der Waals surface area contributed by atoms with E-state index in [0.29, 0.717) is 13.1 Å². The van der Waals surface area contributed by atoms with Gasteiger partial charge < -0.3 is 10.6 Å². The molecule has 0 aliphatic heterocycles. The molecule has 0 atom stereocenters. The molecule has 0 aromatic heterocycles. The fourth-order valence-corrected chi connectivity index (χ4v) is 2.02. The molecular weight excluding hydrogens is 254 g/mol. The third-order valence-electron chi connectivity index (χ3n) is 2.66. The van der Waals surface area contributed by atoms with Crippen molar-refractivity contribution in [2.45, 2.75) is 26.7 Å². The first-order valence-electron chi connectivity index (χ1n) is 6.05. The first-order valence-corrected chi connectivity index (χ1v) is 6.46. The summed E-state index contributed by atoms with van der Waals surface area (Å²) in [6, 6.07) is 2.98. The summed E-state index contributed by atoms with van der Waals surface area (Å²) in [6.07, 6.45) is 1.75. The standard InChI is InChI=1S/C13H18F2N2S/c1-3-7-17(8-4-2)10-6-5-9(13(16)18)11(14)12(10)15/h5-6H,3-4,7-8H2,1-2H3,(H2,16,18). The minimum Gasteiger partial charge on any atom is -0.389 e. The van der Waals surface area contributed by atoms with Gasteiger partial charge in [-0.1, -0.05) is 26.1 Å². The molecule has 0 heterocycles. The van der Waals surface area contributed by atoms with Crippen LogP contribution in [0, 0.1) is 11.6 Å². The molecule has 100 valence electrons. The smallest absolute Gasteiger partial charge is 0.182 e. The Bertz CT molecular complexity index is 429. The Kier molecular flexibility index (Phi) is 5.47. The first kappa shape index (κ1) is 14.8. The van der Waals surface area contributed by atoms with Crippen molar-refractivity contribution in [3.63, 3.8) is 0 Å². The van der Waals surface area contributed by atoms with Gasteiger partial charge in [0, 0.05) is 18.7 Å². The van der Waals surface area contributed by atoms with Crippen molar-refractivity contribution in [2.75, 3.05) is 18.0 Å². The van der Waals surface area contributed by atoms with Gasteiger partial charge in [-0.05, 0) is 25.0 Å². The molecule has 0 aliphatic rings. The highest BCUT2D eigenvalue weighted by atomic mass is 32.1. The second-order valence-electron chi connectivity index (χ2n) is 4.11. The van der Waals surface area contributed by atoms with Gasteiger partial charge in [0.05, 0.1) is 5.69 Å². The van der Waals surface area contributed by atoms with Crippen molar-refractivity contribution in [2.24, 2.45) is 5.73 Å². The van der Waals surface area contributed by atoms with Gasteiger partial charge in [-0.15, -0.1) is 0 Å². The van der Waals surface area contributed by atoms with E-state index < -0.39 is 11.6 Å². The number of nitrogens with zero attached hydrogens (tertiary/aromatic N) is 1. The molecule has 0 fully saturated rings. The zero-order valence-corrected chi connectivity index (χ0v) is 11.5. The van der Waals surface area contributed by atoms with E-state index in [1.807, 2.05) is 18.7 Å². The Morgan fingerprint density at radius 1 is 1.17 bits per heavy atom. The number of anilines is 1. The molecule has 1 rings (SSSR count). The summed E-state index contributed by atoms with van der Waals surface area (Å²) >= 11 is 4.68. The maximum Gasteiger partial charge on any atom is 0.182 e. The van der Waals surface area contributed by atoms with E-state index in [9.17, 15) is 8.78 Å². The van der Waals surface area contributed by atoms with Gasteiger partial charge in [0.15, 0.2) is 11.6 Å². The Hall–Kier alpha value is -1.23. The van der Waals surface area contributed by atoms with Crippen LogP contribution in [0.1, 0.15) is 32.3 Å². The van der Waals surface area contributed by atoms with Crippen LogP contribution in [0.4, 0.5) is 14.5 Å². The van der Waals surface area contributed by atoms with Crippen LogP contribution in [0.5, 0.6) is 0 Å². The van der Waals surface area contributed by atoms with Crippen molar-refractivity contribution in [1.82, 2.24) is 0 Å². The normalized spacial score (nSPS) is 10.4. The van der Waals surface area contributed by atoms with E-state index in [2.05, 4.69) is 12.2 Å². The fourth-order valence-electron chi connectivity index (χ4n) is 1.87. The zero-order valence-electron chi connectivity index (χ0n) is 10.7. The molecule has 0 radical (unpaired) electrons. The highest BCUT2D eigenvalue weighted by molar-refractivity contribution is 7.80. The lowest BCUT2D eigenvalue weighted by molar-refractivity contribution is 0.504. The van der Waals surface area contributed by atoms with E-state index in [-0.39, 0.29) is 16.2 Å². The Labute approximate surface area is 112 Å². The number of benzene rings is 1. The fraction of sp³-hybridized carbons (Fsp3) is 0.462. The largest absolute Gasteiger partial charge is 0.389 e. The van der Waals surface area contributed by atoms with Crippen molar-refractivity contribution < 1.29 is 8.78 Å². The second-order valence-corrected chi connectivity index (χ2v) is 4.55. The van der Waals surface area contributed by atoms with Crippen molar-refractivity contribution >= 4 is 22.9 Å². The highest BCUT2D eigenvalue weighted by Gasteiger charge is 2.18. The summed E-state index contributed by atoms with van der Waals surface area (Å²) in [6.45, 7) is 5.38. The minimum atomic E-state index is -0.961. The average Bonchev–Trinajstić information content (AvgIpc) is 2.32. The molecule has 0 spiro atoms. The molecule has 2 nitrogen and oxygen atoms in total. The molecule has 1 aromatic carbocycles. The number of hydrogen-bond acceptors (Lipinski definition) is 2. The molecule has 0 saturated heterocycles. The van der Waals surface area contributed by atoms with Crippen molar-refractivity contribution in [3.05, 3.63) is 29.3 Å². The predicted octanol–water partition coefficient (Wildman–Crippen LogP) is 3.23. The highest BCUT2D eigenvalue weighted by Crippen LogP contribution is 2.24. The monoisotopic (exact) mass is 272 g/mol. The molecule has 0 unspecified atom stereocenters. The zero-order chi connectivity index (χ0) is 13.7. The molecular formula is C13H18F2N2S. The van der Waals surface area contributed by atoms with Gasteiger partial charge in [-0.25, -0.2) is 8.78 Å². The van der Waals surface area contributed by atoms with Gasteiger partial charge >= 0.3 is 0 Å². The van der Waals surface area contributed by atoms with Crippen LogP contribution in [-0.2, 0) is 0 Å². The van der Waals surface area contributed by atoms with E-state index in [1.165, 1.54) is 12.1 Å². The molecule has 0 bridgehead atoms. The molecule has 5 heteroatoms. The molecule has 0 saturated carbocycles. The van der Waals surface area contributed by atoms with Gasteiger partial charge in [0.2, 0.25) is 0 Å². The van der Waals surface area contributed by atoms with Gasteiger partial charge in [0.1, 0.15) is 4.99 Å². The summed E-state index contributed by atoms with van der Waals surface area (Å²) in [5, 5.41) is 0. The van der Waals surface area contributed by atoms with Crippen molar-refractivity contribution in [1.29, 1.82) is 0 Å². The molecule has 0 aliphatic carbocycles. The van der Waals surface area contributed by atoms with Crippen LogP contribution in [-0.4, -0.2) is 18.1 Å². The van der Waals surface area contributed by atoms with Gasteiger partial charge in [-0.2, -0.15) is 0 Å². The predicted molar refractivity (Wildman–Crippen MR) is 75.0 cm³/mol. The third kappa shape index (κ3) is 3.16. The van der Waals surface area contributed by atoms with E-state index in [4.69, 9.17) is 5.73 Å². The average molecular weight is 272 g/mol. The van der Waals surface area contributed by atoms with E-state index in [1.54, 1.807) is 0 Å². The lowest BCUT2D eigenvalue weighted by Gasteiger charge is -2.24. The minimum absolute atomic E-state index is 0.0424. The topological polar surface area (TPSA) is 29.3 Å². The first-order chi connectivity index (χ1) is 8.52. The Balaban J connectivity index is 3.16.